The highest BCUT2D eigenvalue weighted by Crippen LogP contribution is 2.27. The molecule has 0 aliphatic carbocycles. The summed E-state index contributed by atoms with van der Waals surface area (Å²) < 4.78 is 13.3. The third-order valence-electron chi connectivity index (χ3n) is 3.27. The number of hydrogen-bond acceptors (Lipinski definition) is 2. The average Bonchev–Trinajstić information content (AvgIpc) is 2.74. The standard InChI is InChI=1S/C12H13ClFN3/c13-8-5-10-11(6-9(8)14)17-12(16-10)7-1-3-15-4-2-7/h5-7,15H,1-4H2,(H,16,17). The molecule has 1 aromatic heterocycles. The summed E-state index contributed by atoms with van der Waals surface area (Å²) in [7, 11) is 0. The SMILES string of the molecule is Fc1cc2[nH]c(C3CCNCC3)nc2cc1Cl. The number of aromatic nitrogens is 2. The van der Waals surface area contributed by atoms with Crippen LogP contribution >= 0.6 is 11.6 Å². The normalized spacial score (nSPS) is 17.8. The Morgan fingerprint density at radius 3 is 2.82 bits per heavy atom. The van der Waals surface area contributed by atoms with Gasteiger partial charge in [0.1, 0.15) is 11.6 Å². The van der Waals surface area contributed by atoms with Crippen molar-refractivity contribution in [3.05, 3.63) is 28.8 Å². The molecule has 2 N–H and O–H groups in total. The van der Waals surface area contributed by atoms with Gasteiger partial charge < -0.3 is 10.3 Å². The van der Waals surface area contributed by atoms with Crippen LogP contribution in [0.2, 0.25) is 5.02 Å². The Balaban J connectivity index is 2.00. The Bertz CT molecular complexity index is 507. The molecule has 1 aromatic carbocycles. The summed E-state index contributed by atoms with van der Waals surface area (Å²) >= 11 is 5.74. The Kier molecular flexibility index (Phi) is 2.76. The molecular weight excluding hydrogens is 241 g/mol. The highest BCUT2D eigenvalue weighted by Gasteiger charge is 2.19. The lowest BCUT2D eigenvalue weighted by Crippen LogP contribution is -2.27. The van der Waals surface area contributed by atoms with Gasteiger partial charge in [-0.2, -0.15) is 0 Å². The lowest BCUT2D eigenvalue weighted by Gasteiger charge is -2.20. The molecule has 3 nitrogen and oxygen atoms in total. The maximum absolute atomic E-state index is 13.3. The number of fused-ring (bicyclic) bond motifs is 1. The molecule has 1 fully saturated rings. The predicted octanol–water partition coefficient (Wildman–Crippen LogP) is 2.82. The van der Waals surface area contributed by atoms with Gasteiger partial charge in [-0.25, -0.2) is 9.37 Å². The van der Waals surface area contributed by atoms with E-state index in [1.807, 2.05) is 0 Å². The monoisotopic (exact) mass is 253 g/mol. The van der Waals surface area contributed by atoms with Crippen LogP contribution < -0.4 is 5.32 Å². The minimum absolute atomic E-state index is 0.126. The zero-order chi connectivity index (χ0) is 11.8. The Hall–Kier alpha value is -1.13. The van der Waals surface area contributed by atoms with Crippen LogP contribution in [0.15, 0.2) is 12.1 Å². The summed E-state index contributed by atoms with van der Waals surface area (Å²) in [6, 6.07) is 2.99. The van der Waals surface area contributed by atoms with Gasteiger partial charge in [-0.15, -0.1) is 0 Å². The second-order valence-corrected chi connectivity index (χ2v) is 4.84. The van der Waals surface area contributed by atoms with E-state index in [0.29, 0.717) is 5.92 Å². The van der Waals surface area contributed by atoms with Crippen LogP contribution in [0.1, 0.15) is 24.6 Å². The summed E-state index contributed by atoms with van der Waals surface area (Å²) in [5, 5.41) is 3.44. The number of benzene rings is 1. The van der Waals surface area contributed by atoms with Gasteiger partial charge in [0.2, 0.25) is 0 Å². The fourth-order valence-corrected chi connectivity index (χ4v) is 2.47. The van der Waals surface area contributed by atoms with E-state index >= 15 is 0 Å². The molecule has 0 saturated carbocycles. The molecule has 0 unspecified atom stereocenters. The van der Waals surface area contributed by atoms with Crippen molar-refractivity contribution >= 4 is 22.6 Å². The fourth-order valence-electron chi connectivity index (χ4n) is 2.31. The van der Waals surface area contributed by atoms with Crippen molar-refractivity contribution in [1.82, 2.24) is 15.3 Å². The summed E-state index contributed by atoms with van der Waals surface area (Å²) in [4.78, 5) is 7.70. The van der Waals surface area contributed by atoms with Crippen LogP contribution in [0.3, 0.4) is 0 Å². The van der Waals surface area contributed by atoms with Gasteiger partial charge in [-0.1, -0.05) is 11.6 Å². The number of halogens is 2. The topological polar surface area (TPSA) is 40.7 Å². The number of rotatable bonds is 1. The van der Waals surface area contributed by atoms with Crippen LogP contribution in [0, 0.1) is 5.82 Å². The number of nitrogens with zero attached hydrogens (tertiary/aromatic N) is 1. The third-order valence-corrected chi connectivity index (χ3v) is 3.56. The van der Waals surface area contributed by atoms with Crippen LogP contribution in [-0.2, 0) is 0 Å². The van der Waals surface area contributed by atoms with Crippen molar-refractivity contribution in [2.45, 2.75) is 18.8 Å². The van der Waals surface area contributed by atoms with Gasteiger partial charge in [0.25, 0.3) is 0 Å². The molecule has 5 heteroatoms. The van der Waals surface area contributed by atoms with E-state index in [0.717, 1.165) is 42.8 Å². The van der Waals surface area contributed by atoms with Gasteiger partial charge in [0.15, 0.2) is 0 Å². The highest BCUT2D eigenvalue weighted by molar-refractivity contribution is 6.31. The average molecular weight is 254 g/mol. The molecule has 2 aromatic rings. The molecule has 1 aliphatic rings. The van der Waals surface area contributed by atoms with Crippen molar-refractivity contribution < 1.29 is 4.39 Å². The molecule has 0 radical (unpaired) electrons. The molecule has 0 spiro atoms. The van der Waals surface area contributed by atoms with Crippen molar-refractivity contribution in [2.24, 2.45) is 0 Å². The molecule has 90 valence electrons. The zero-order valence-electron chi connectivity index (χ0n) is 9.26. The molecule has 2 heterocycles. The minimum atomic E-state index is -0.403. The highest BCUT2D eigenvalue weighted by atomic mass is 35.5. The first-order valence-corrected chi connectivity index (χ1v) is 6.17. The van der Waals surface area contributed by atoms with Crippen LogP contribution in [0.25, 0.3) is 11.0 Å². The fraction of sp³-hybridized carbons (Fsp3) is 0.417. The first-order valence-electron chi connectivity index (χ1n) is 5.79. The Morgan fingerprint density at radius 2 is 2.06 bits per heavy atom. The quantitative estimate of drug-likeness (QED) is 0.821. The molecule has 0 bridgehead atoms. The van der Waals surface area contributed by atoms with Crippen molar-refractivity contribution in [1.29, 1.82) is 0 Å². The maximum Gasteiger partial charge on any atom is 0.144 e. The first kappa shape index (κ1) is 11.0. The van der Waals surface area contributed by atoms with E-state index in [2.05, 4.69) is 15.3 Å². The number of imidazole rings is 1. The number of piperidine rings is 1. The predicted molar refractivity (Wildman–Crippen MR) is 65.9 cm³/mol. The summed E-state index contributed by atoms with van der Waals surface area (Å²) in [6.07, 6.45) is 2.13. The van der Waals surface area contributed by atoms with E-state index in [9.17, 15) is 4.39 Å². The first-order chi connectivity index (χ1) is 8.24. The maximum atomic E-state index is 13.3. The number of aromatic amines is 1. The Labute approximate surface area is 103 Å². The van der Waals surface area contributed by atoms with Gasteiger partial charge >= 0.3 is 0 Å². The smallest absolute Gasteiger partial charge is 0.144 e. The molecular formula is C12H13ClFN3. The molecule has 1 aliphatic heterocycles. The van der Waals surface area contributed by atoms with Crippen molar-refractivity contribution in [2.75, 3.05) is 13.1 Å². The second-order valence-electron chi connectivity index (χ2n) is 4.43. The lowest BCUT2D eigenvalue weighted by molar-refractivity contribution is 0.448. The molecule has 1 saturated heterocycles. The van der Waals surface area contributed by atoms with E-state index < -0.39 is 5.82 Å². The van der Waals surface area contributed by atoms with Crippen LogP contribution in [0.5, 0.6) is 0 Å². The van der Waals surface area contributed by atoms with Crippen molar-refractivity contribution in [3.63, 3.8) is 0 Å². The summed E-state index contributed by atoms with van der Waals surface area (Å²) in [5.74, 6) is 0.980. The second kappa shape index (κ2) is 4.27. The minimum Gasteiger partial charge on any atom is -0.342 e. The zero-order valence-corrected chi connectivity index (χ0v) is 10.0. The van der Waals surface area contributed by atoms with E-state index in [1.165, 1.54) is 6.07 Å². The third kappa shape index (κ3) is 2.03. The van der Waals surface area contributed by atoms with Gasteiger partial charge in [-0.3, -0.25) is 0 Å². The van der Waals surface area contributed by atoms with Gasteiger partial charge in [0.05, 0.1) is 16.1 Å². The largest absolute Gasteiger partial charge is 0.342 e. The molecule has 3 rings (SSSR count). The lowest BCUT2D eigenvalue weighted by atomic mass is 9.98. The number of nitrogens with one attached hydrogen (secondary N) is 2. The summed E-state index contributed by atoms with van der Waals surface area (Å²) in [6.45, 7) is 2.02. The van der Waals surface area contributed by atoms with Crippen LogP contribution in [-0.4, -0.2) is 23.1 Å². The number of H-pyrrole nitrogens is 1. The molecule has 17 heavy (non-hydrogen) atoms. The summed E-state index contributed by atoms with van der Waals surface area (Å²) in [5.41, 5.74) is 1.46. The van der Waals surface area contributed by atoms with Crippen molar-refractivity contribution in [3.8, 4) is 0 Å². The van der Waals surface area contributed by atoms with Gasteiger partial charge in [0, 0.05) is 12.0 Å². The van der Waals surface area contributed by atoms with E-state index in [4.69, 9.17) is 11.6 Å². The Morgan fingerprint density at radius 1 is 1.29 bits per heavy atom. The van der Waals surface area contributed by atoms with Crippen LogP contribution in [0.4, 0.5) is 4.39 Å². The molecule has 0 atom stereocenters. The van der Waals surface area contributed by atoms with E-state index in [1.54, 1.807) is 6.07 Å². The molecule has 0 amide bonds. The van der Waals surface area contributed by atoms with Gasteiger partial charge in [-0.05, 0) is 32.0 Å². The number of hydrogen-bond donors (Lipinski definition) is 2. The van der Waals surface area contributed by atoms with E-state index in [-0.39, 0.29) is 5.02 Å².